The zero-order chi connectivity index (χ0) is 13.4. The summed E-state index contributed by atoms with van der Waals surface area (Å²) in [7, 11) is 0. The van der Waals surface area contributed by atoms with Crippen molar-refractivity contribution in [2.45, 2.75) is 13.5 Å². The van der Waals surface area contributed by atoms with E-state index in [1.807, 2.05) is 11.5 Å². The second-order valence-corrected chi connectivity index (χ2v) is 4.24. The van der Waals surface area contributed by atoms with E-state index < -0.39 is 5.97 Å². The molecule has 0 spiro atoms. The SMILES string of the molecule is Cc1nc2cc(C(=O)O)ccc2n1Cc1ccon1. The average Bonchev–Trinajstić information content (AvgIpc) is 2.98. The molecule has 96 valence electrons. The summed E-state index contributed by atoms with van der Waals surface area (Å²) < 4.78 is 6.78. The molecule has 2 aromatic heterocycles. The molecule has 2 heterocycles. The minimum atomic E-state index is -0.953. The lowest BCUT2D eigenvalue weighted by molar-refractivity contribution is 0.0697. The highest BCUT2D eigenvalue weighted by Gasteiger charge is 2.11. The van der Waals surface area contributed by atoms with Crippen LogP contribution in [0, 0.1) is 6.92 Å². The van der Waals surface area contributed by atoms with E-state index in [0.717, 1.165) is 17.0 Å². The standard InChI is InChI=1S/C13H11N3O3/c1-8-14-11-6-9(13(17)18)2-3-12(11)16(8)7-10-4-5-19-15-10/h2-6H,7H2,1H3,(H,17,18). The highest BCUT2D eigenvalue weighted by molar-refractivity contribution is 5.92. The van der Waals surface area contributed by atoms with Gasteiger partial charge in [-0.25, -0.2) is 9.78 Å². The van der Waals surface area contributed by atoms with E-state index in [0.29, 0.717) is 12.1 Å². The zero-order valence-electron chi connectivity index (χ0n) is 10.2. The molecule has 0 aliphatic carbocycles. The van der Waals surface area contributed by atoms with Gasteiger partial charge in [0.25, 0.3) is 0 Å². The van der Waals surface area contributed by atoms with Gasteiger partial charge in [0.05, 0.1) is 23.1 Å². The van der Waals surface area contributed by atoms with Gasteiger partial charge in [0.2, 0.25) is 0 Å². The van der Waals surface area contributed by atoms with Crippen molar-refractivity contribution in [1.82, 2.24) is 14.7 Å². The largest absolute Gasteiger partial charge is 0.478 e. The number of aryl methyl sites for hydroxylation is 1. The van der Waals surface area contributed by atoms with Crippen molar-refractivity contribution in [3.05, 3.63) is 47.6 Å². The number of aromatic nitrogens is 3. The second-order valence-electron chi connectivity index (χ2n) is 4.24. The van der Waals surface area contributed by atoms with Gasteiger partial charge in [-0.15, -0.1) is 0 Å². The summed E-state index contributed by atoms with van der Waals surface area (Å²) in [5, 5.41) is 12.8. The summed E-state index contributed by atoms with van der Waals surface area (Å²) in [6.45, 7) is 2.42. The van der Waals surface area contributed by atoms with Crippen molar-refractivity contribution in [1.29, 1.82) is 0 Å². The molecular weight excluding hydrogens is 246 g/mol. The van der Waals surface area contributed by atoms with E-state index in [4.69, 9.17) is 9.63 Å². The Hall–Kier alpha value is -2.63. The van der Waals surface area contributed by atoms with Crippen molar-refractivity contribution in [3.63, 3.8) is 0 Å². The molecule has 0 aliphatic heterocycles. The Balaban J connectivity index is 2.09. The van der Waals surface area contributed by atoms with E-state index in [1.165, 1.54) is 6.26 Å². The predicted molar refractivity (Wildman–Crippen MR) is 67.0 cm³/mol. The van der Waals surface area contributed by atoms with Gasteiger partial charge in [-0.3, -0.25) is 0 Å². The Labute approximate surface area is 108 Å². The molecule has 0 aliphatic rings. The summed E-state index contributed by atoms with van der Waals surface area (Å²) in [6.07, 6.45) is 1.52. The van der Waals surface area contributed by atoms with Crippen LogP contribution in [-0.4, -0.2) is 25.8 Å². The number of aromatic carboxylic acids is 1. The summed E-state index contributed by atoms with van der Waals surface area (Å²) in [4.78, 5) is 15.3. The Bertz CT molecular complexity index is 744. The molecule has 0 amide bonds. The lowest BCUT2D eigenvalue weighted by Gasteiger charge is -2.03. The minimum absolute atomic E-state index is 0.235. The summed E-state index contributed by atoms with van der Waals surface area (Å²) in [5.74, 6) is -0.147. The number of carboxylic acid groups (broad SMARTS) is 1. The highest BCUT2D eigenvalue weighted by Crippen LogP contribution is 2.19. The van der Waals surface area contributed by atoms with E-state index in [-0.39, 0.29) is 5.56 Å². The van der Waals surface area contributed by atoms with Gasteiger partial charge in [0.15, 0.2) is 0 Å². The van der Waals surface area contributed by atoms with Crippen LogP contribution in [0.4, 0.5) is 0 Å². The second kappa shape index (κ2) is 4.24. The van der Waals surface area contributed by atoms with Crippen LogP contribution in [0.1, 0.15) is 21.9 Å². The number of carbonyl (C=O) groups is 1. The number of carboxylic acids is 1. The van der Waals surface area contributed by atoms with Crippen LogP contribution in [0.5, 0.6) is 0 Å². The fraction of sp³-hybridized carbons (Fsp3) is 0.154. The van der Waals surface area contributed by atoms with Gasteiger partial charge >= 0.3 is 5.97 Å². The third-order valence-electron chi connectivity index (χ3n) is 3.00. The van der Waals surface area contributed by atoms with Gasteiger partial charge < -0.3 is 14.2 Å². The topological polar surface area (TPSA) is 81.1 Å². The zero-order valence-corrected chi connectivity index (χ0v) is 10.2. The number of hydrogen-bond acceptors (Lipinski definition) is 4. The maximum absolute atomic E-state index is 10.9. The van der Waals surface area contributed by atoms with Crippen LogP contribution >= 0.6 is 0 Å². The van der Waals surface area contributed by atoms with Crippen molar-refractivity contribution in [2.24, 2.45) is 0 Å². The van der Waals surface area contributed by atoms with Crippen LogP contribution in [0.2, 0.25) is 0 Å². The molecule has 19 heavy (non-hydrogen) atoms. The first kappa shape index (κ1) is 11.5. The quantitative estimate of drug-likeness (QED) is 0.776. The fourth-order valence-corrected chi connectivity index (χ4v) is 2.06. The number of nitrogens with zero attached hydrogens (tertiary/aromatic N) is 3. The smallest absolute Gasteiger partial charge is 0.335 e. The molecule has 1 N–H and O–H groups in total. The average molecular weight is 257 g/mol. The van der Waals surface area contributed by atoms with E-state index in [9.17, 15) is 4.79 Å². The van der Waals surface area contributed by atoms with Gasteiger partial charge in [0.1, 0.15) is 17.8 Å². The number of fused-ring (bicyclic) bond motifs is 1. The van der Waals surface area contributed by atoms with E-state index in [2.05, 4.69) is 10.1 Å². The van der Waals surface area contributed by atoms with Gasteiger partial charge in [-0.2, -0.15) is 0 Å². The van der Waals surface area contributed by atoms with Crippen molar-refractivity contribution >= 4 is 17.0 Å². The third kappa shape index (κ3) is 1.97. The molecule has 0 bridgehead atoms. The summed E-state index contributed by atoms with van der Waals surface area (Å²) in [5.41, 5.74) is 2.58. The lowest BCUT2D eigenvalue weighted by atomic mass is 10.2. The number of benzene rings is 1. The molecule has 0 unspecified atom stereocenters. The monoisotopic (exact) mass is 257 g/mol. The Kier molecular flexibility index (Phi) is 2.56. The van der Waals surface area contributed by atoms with Crippen LogP contribution in [0.15, 0.2) is 35.1 Å². The van der Waals surface area contributed by atoms with Crippen molar-refractivity contribution < 1.29 is 14.4 Å². The van der Waals surface area contributed by atoms with Crippen molar-refractivity contribution in [3.8, 4) is 0 Å². The Morgan fingerprint density at radius 1 is 1.42 bits per heavy atom. The molecule has 0 saturated carbocycles. The third-order valence-corrected chi connectivity index (χ3v) is 3.00. The summed E-state index contributed by atoms with van der Waals surface area (Å²) >= 11 is 0. The van der Waals surface area contributed by atoms with Crippen LogP contribution in [-0.2, 0) is 6.54 Å². The number of hydrogen-bond donors (Lipinski definition) is 1. The van der Waals surface area contributed by atoms with Crippen molar-refractivity contribution in [2.75, 3.05) is 0 Å². The molecule has 6 nitrogen and oxygen atoms in total. The highest BCUT2D eigenvalue weighted by atomic mass is 16.5. The molecule has 3 aromatic rings. The first-order chi connectivity index (χ1) is 9.15. The first-order valence-corrected chi connectivity index (χ1v) is 5.74. The molecule has 1 aromatic carbocycles. The van der Waals surface area contributed by atoms with E-state index in [1.54, 1.807) is 24.3 Å². The van der Waals surface area contributed by atoms with Gasteiger partial charge in [-0.1, -0.05) is 5.16 Å². The first-order valence-electron chi connectivity index (χ1n) is 5.74. The molecule has 3 rings (SSSR count). The maximum Gasteiger partial charge on any atom is 0.335 e. The normalized spacial score (nSPS) is 11.0. The molecule has 0 saturated heterocycles. The summed E-state index contributed by atoms with van der Waals surface area (Å²) in [6, 6.07) is 6.70. The van der Waals surface area contributed by atoms with Gasteiger partial charge in [-0.05, 0) is 25.1 Å². The van der Waals surface area contributed by atoms with E-state index >= 15 is 0 Å². The molecule has 0 fully saturated rings. The van der Waals surface area contributed by atoms with Gasteiger partial charge in [0, 0.05) is 6.07 Å². The molecule has 0 radical (unpaired) electrons. The molecule has 6 heteroatoms. The maximum atomic E-state index is 10.9. The lowest BCUT2D eigenvalue weighted by Crippen LogP contribution is -2.02. The Morgan fingerprint density at radius 2 is 2.26 bits per heavy atom. The number of rotatable bonds is 3. The fourth-order valence-electron chi connectivity index (χ4n) is 2.06. The molecule has 0 atom stereocenters. The predicted octanol–water partition coefficient (Wildman–Crippen LogP) is 2.08. The number of imidazole rings is 1. The van der Waals surface area contributed by atoms with Crippen LogP contribution in [0.3, 0.4) is 0 Å². The Morgan fingerprint density at radius 3 is 2.95 bits per heavy atom. The minimum Gasteiger partial charge on any atom is -0.478 e. The molecular formula is C13H11N3O3. The van der Waals surface area contributed by atoms with Crippen LogP contribution < -0.4 is 0 Å². The van der Waals surface area contributed by atoms with Crippen LogP contribution in [0.25, 0.3) is 11.0 Å².